The molecule has 134 valence electrons. The first-order chi connectivity index (χ1) is 12.6. The van der Waals surface area contributed by atoms with Gasteiger partial charge in [-0.1, -0.05) is 6.07 Å². The van der Waals surface area contributed by atoms with Gasteiger partial charge in [-0.05, 0) is 6.07 Å². The fourth-order valence-electron chi connectivity index (χ4n) is 2.96. The fraction of sp³-hybridized carbons (Fsp3) is 0.235. The lowest BCUT2D eigenvalue weighted by Gasteiger charge is -2.26. The largest absolute Gasteiger partial charge is 0.493 e. The summed E-state index contributed by atoms with van der Waals surface area (Å²) in [5, 5.41) is 9.60. The van der Waals surface area contributed by atoms with Crippen LogP contribution in [-0.2, 0) is 0 Å². The van der Waals surface area contributed by atoms with Crippen LogP contribution in [0.4, 0.5) is 0 Å². The van der Waals surface area contributed by atoms with Crippen molar-refractivity contribution in [3.8, 4) is 29.2 Å². The fourth-order valence-corrected chi connectivity index (χ4v) is 2.96. The number of aromatic nitrogens is 2. The molecule has 1 aliphatic heterocycles. The lowest BCUT2D eigenvalue weighted by atomic mass is 9.84. The van der Waals surface area contributed by atoms with E-state index in [4.69, 9.17) is 24.7 Å². The molecule has 0 radical (unpaired) electrons. The Labute approximate surface area is 148 Å². The minimum Gasteiger partial charge on any atom is -0.493 e. The van der Waals surface area contributed by atoms with E-state index in [1.165, 1.54) is 27.7 Å². The van der Waals surface area contributed by atoms with Gasteiger partial charge in [0.25, 0.3) is 5.56 Å². The van der Waals surface area contributed by atoms with Crippen LogP contribution < -0.4 is 30.2 Å². The Morgan fingerprint density at radius 2 is 1.96 bits per heavy atom. The van der Waals surface area contributed by atoms with E-state index >= 15 is 0 Å². The standard InChI is InChI=1S/C17H16N4O5/c1-23-10-5-4-8(13(24-2)14(10)25-3)11-9(6-18)15(19)26-17-12(11)16(22)20-7-21-17/h4-5,7,11H,19H2,1-3H3,(H,20,21,22)/t11-/m1/s1. The Hall–Kier alpha value is -3.67. The minimum absolute atomic E-state index is 0.0343. The number of fused-ring (bicyclic) bond motifs is 1. The molecule has 0 spiro atoms. The molecule has 0 saturated carbocycles. The Kier molecular flexibility index (Phi) is 4.41. The molecular weight excluding hydrogens is 340 g/mol. The van der Waals surface area contributed by atoms with Crippen molar-refractivity contribution in [3.63, 3.8) is 0 Å². The zero-order valence-corrected chi connectivity index (χ0v) is 14.3. The first-order valence-electron chi connectivity index (χ1n) is 7.51. The van der Waals surface area contributed by atoms with Gasteiger partial charge in [0.15, 0.2) is 11.5 Å². The van der Waals surface area contributed by atoms with Crippen LogP contribution in [0.1, 0.15) is 17.0 Å². The van der Waals surface area contributed by atoms with Gasteiger partial charge in [0.2, 0.25) is 17.5 Å². The Morgan fingerprint density at radius 3 is 2.58 bits per heavy atom. The van der Waals surface area contributed by atoms with Gasteiger partial charge in [0, 0.05) is 5.56 Å². The zero-order chi connectivity index (χ0) is 18.8. The van der Waals surface area contributed by atoms with Gasteiger partial charge < -0.3 is 29.7 Å². The molecule has 3 N–H and O–H groups in total. The average molecular weight is 356 g/mol. The highest BCUT2D eigenvalue weighted by Gasteiger charge is 2.37. The molecular formula is C17H16N4O5. The maximum Gasteiger partial charge on any atom is 0.258 e. The molecule has 26 heavy (non-hydrogen) atoms. The van der Waals surface area contributed by atoms with Crippen LogP contribution in [0.5, 0.6) is 23.1 Å². The third-order valence-corrected chi connectivity index (χ3v) is 4.07. The van der Waals surface area contributed by atoms with Crippen LogP contribution >= 0.6 is 0 Å². The minimum atomic E-state index is -0.837. The number of nitrogens with one attached hydrogen (secondary N) is 1. The smallest absolute Gasteiger partial charge is 0.258 e. The highest BCUT2D eigenvalue weighted by atomic mass is 16.5. The molecule has 2 heterocycles. The van der Waals surface area contributed by atoms with Crippen LogP contribution in [0.3, 0.4) is 0 Å². The first kappa shape index (κ1) is 17.2. The van der Waals surface area contributed by atoms with Gasteiger partial charge in [-0.25, -0.2) is 4.98 Å². The van der Waals surface area contributed by atoms with E-state index in [1.807, 2.05) is 6.07 Å². The molecule has 0 saturated heterocycles. The maximum atomic E-state index is 12.4. The number of H-pyrrole nitrogens is 1. The predicted octanol–water partition coefficient (Wildman–Crippen LogP) is 1.01. The van der Waals surface area contributed by atoms with Crippen molar-refractivity contribution in [1.82, 2.24) is 9.97 Å². The van der Waals surface area contributed by atoms with Gasteiger partial charge in [-0.2, -0.15) is 5.26 Å². The van der Waals surface area contributed by atoms with Crippen LogP contribution in [0.2, 0.25) is 0 Å². The molecule has 0 aliphatic carbocycles. The topological polar surface area (TPSA) is 132 Å². The number of rotatable bonds is 4. The van der Waals surface area contributed by atoms with Crippen LogP contribution in [0, 0.1) is 11.3 Å². The Balaban J connectivity index is 2.36. The van der Waals surface area contributed by atoms with Crippen molar-refractivity contribution >= 4 is 0 Å². The van der Waals surface area contributed by atoms with Crippen LogP contribution in [0.15, 0.2) is 34.7 Å². The summed E-state index contributed by atoms with van der Waals surface area (Å²) in [5.41, 5.74) is 6.16. The third-order valence-electron chi connectivity index (χ3n) is 4.07. The molecule has 0 fully saturated rings. The number of aromatic amines is 1. The van der Waals surface area contributed by atoms with Gasteiger partial charge in [-0.15, -0.1) is 0 Å². The number of nitrogens with zero attached hydrogens (tertiary/aromatic N) is 2. The zero-order valence-electron chi connectivity index (χ0n) is 14.3. The van der Waals surface area contributed by atoms with E-state index in [9.17, 15) is 10.1 Å². The van der Waals surface area contributed by atoms with E-state index in [0.717, 1.165) is 0 Å². The molecule has 1 aliphatic rings. The average Bonchev–Trinajstić information content (AvgIpc) is 2.65. The van der Waals surface area contributed by atoms with Crippen molar-refractivity contribution in [2.75, 3.05) is 21.3 Å². The number of methoxy groups -OCH3 is 3. The summed E-state index contributed by atoms with van der Waals surface area (Å²) >= 11 is 0. The molecule has 1 atom stereocenters. The third kappa shape index (κ3) is 2.48. The summed E-state index contributed by atoms with van der Waals surface area (Å²) in [6, 6.07) is 5.34. The number of allylic oxidation sites excluding steroid dienone is 1. The van der Waals surface area contributed by atoms with E-state index in [0.29, 0.717) is 22.8 Å². The van der Waals surface area contributed by atoms with Crippen molar-refractivity contribution in [1.29, 1.82) is 5.26 Å². The molecule has 0 bridgehead atoms. The number of nitrogens with two attached hydrogens (primary N) is 1. The summed E-state index contributed by atoms with van der Waals surface area (Å²) in [5.74, 6) is 0.157. The number of benzene rings is 1. The Morgan fingerprint density at radius 1 is 1.23 bits per heavy atom. The van der Waals surface area contributed by atoms with E-state index in [2.05, 4.69) is 9.97 Å². The second kappa shape index (κ2) is 6.68. The SMILES string of the molecule is COc1ccc([C@@H]2C(C#N)=C(N)Oc3nc[nH]c(=O)c32)c(OC)c1OC. The molecule has 9 nitrogen and oxygen atoms in total. The maximum absolute atomic E-state index is 12.4. The number of hydrogen-bond donors (Lipinski definition) is 2. The molecule has 3 rings (SSSR count). The quantitative estimate of drug-likeness (QED) is 0.829. The molecule has 0 amide bonds. The van der Waals surface area contributed by atoms with Crippen molar-refractivity contribution in [3.05, 3.63) is 51.4 Å². The lowest BCUT2D eigenvalue weighted by molar-refractivity contribution is 0.320. The highest BCUT2D eigenvalue weighted by molar-refractivity contribution is 5.63. The lowest BCUT2D eigenvalue weighted by Crippen LogP contribution is -2.28. The Bertz CT molecular complexity index is 990. The van der Waals surface area contributed by atoms with Crippen LogP contribution in [-0.4, -0.2) is 31.3 Å². The van der Waals surface area contributed by atoms with E-state index in [1.54, 1.807) is 12.1 Å². The molecule has 1 aromatic heterocycles. The summed E-state index contributed by atoms with van der Waals surface area (Å²) in [6.45, 7) is 0. The second-order valence-corrected chi connectivity index (χ2v) is 5.30. The normalized spacial score (nSPS) is 15.5. The predicted molar refractivity (Wildman–Crippen MR) is 90.3 cm³/mol. The number of hydrogen-bond acceptors (Lipinski definition) is 8. The number of ether oxygens (including phenoxy) is 4. The molecule has 1 aromatic carbocycles. The van der Waals surface area contributed by atoms with Gasteiger partial charge >= 0.3 is 0 Å². The summed E-state index contributed by atoms with van der Waals surface area (Å²) in [7, 11) is 4.41. The monoisotopic (exact) mass is 356 g/mol. The highest BCUT2D eigenvalue weighted by Crippen LogP contribution is 2.48. The first-order valence-corrected chi connectivity index (χ1v) is 7.51. The molecule has 2 aromatic rings. The molecule has 9 heteroatoms. The van der Waals surface area contributed by atoms with Crippen molar-refractivity contribution in [2.45, 2.75) is 5.92 Å². The van der Waals surface area contributed by atoms with Gasteiger partial charge in [-0.3, -0.25) is 4.79 Å². The second-order valence-electron chi connectivity index (χ2n) is 5.30. The summed E-state index contributed by atoms with van der Waals surface area (Å²) in [6.07, 6.45) is 1.20. The van der Waals surface area contributed by atoms with Gasteiger partial charge in [0.05, 0.1) is 39.1 Å². The van der Waals surface area contributed by atoms with Gasteiger partial charge in [0.1, 0.15) is 11.6 Å². The number of nitriles is 1. The van der Waals surface area contributed by atoms with E-state index in [-0.39, 0.29) is 22.9 Å². The van der Waals surface area contributed by atoms with E-state index < -0.39 is 11.5 Å². The summed E-state index contributed by atoms with van der Waals surface area (Å²) in [4.78, 5) is 18.9. The van der Waals surface area contributed by atoms with Crippen LogP contribution in [0.25, 0.3) is 0 Å². The molecule has 0 unspecified atom stereocenters. The van der Waals surface area contributed by atoms with Crippen molar-refractivity contribution < 1.29 is 18.9 Å². The van der Waals surface area contributed by atoms with Crippen molar-refractivity contribution in [2.24, 2.45) is 5.73 Å². The summed E-state index contributed by atoms with van der Waals surface area (Å²) < 4.78 is 21.5.